The fourth-order valence-electron chi connectivity index (χ4n) is 2.53. The number of hydrogen-bond donors (Lipinski definition) is 2. The zero-order valence-electron chi connectivity index (χ0n) is 15.9. The van der Waals surface area contributed by atoms with E-state index >= 15 is 0 Å². The number of nitrogens with zero attached hydrogens (tertiary/aromatic N) is 2. The van der Waals surface area contributed by atoms with E-state index < -0.39 is 0 Å². The summed E-state index contributed by atoms with van der Waals surface area (Å²) in [6.45, 7) is 5.78. The minimum Gasteiger partial charge on any atom is -0.354 e. The minimum atomic E-state index is -0.297. The molecule has 0 fully saturated rings. The van der Waals surface area contributed by atoms with E-state index in [1.165, 1.54) is 25.0 Å². The highest BCUT2D eigenvalue weighted by Gasteiger charge is 2.06. The molecule has 144 valence electrons. The Labute approximate surface area is 156 Å². The number of nitrogens with one attached hydrogen (secondary N) is 2. The van der Waals surface area contributed by atoms with Crippen LogP contribution in [0.2, 0.25) is 0 Å². The topological polar surface area (TPSA) is 56.7 Å². The van der Waals surface area contributed by atoms with E-state index in [-0.39, 0.29) is 18.1 Å². The van der Waals surface area contributed by atoms with Crippen molar-refractivity contribution < 1.29 is 9.18 Å². The molecule has 0 bridgehead atoms. The molecule has 2 N–H and O–H groups in total. The van der Waals surface area contributed by atoms with Gasteiger partial charge in [-0.3, -0.25) is 9.79 Å². The monoisotopic (exact) mass is 362 g/mol. The first-order valence-electron chi connectivity index (χ1n) is 9.10. The van der Waals surface area contributed by atoms with Crippen LogP contribution in [0, 0.1) is 5.82 Å². The van der Waals surface area contributed by atoms with Gasteiger partial charge in [0.2, 0.25) is 5.91 Å². The van der Waals surface area contributed by atoms with E-state index in [9.17, 15) is 9.18 Å². The molecule has 0 heterocycles. The standard InChI is InChI=1S/C20H31FN4O/c1-4-5-6-7-8-15-25(3)20(22-2)24-14-13-23-19(26)16-17-9-11-18(21)12-10-17/h4,9-12H,1,5-8,13-16H2,2-3H3,(H,22,24)(H,23,26). The van der Waals surface area contributed by atoms with Crippen LogP contribution in [-0.4, -0.2) is 50.5 Å². The summed E-state index contributed by atoms with van der Waals surface area (Å²) >= 11 is 0. The summed E-state index contributed by atoms with van der Waals surface area (Å²) in [5.74, 6) is 0.444. The zero-order valence-corrected chi connectivity index (χ0v) is 15.9. The zero-order chi connectivity index (χ0) is 19.2. The summed E-state index contributed by atoms with van der Waals surface area (Å²) in [5.41, 5.74) is 0.795. The number of hydrogen-bond acceptors (Lipinski definition) is 2. The van der Waals surface area contributed by atoms with E-state index in [1.807, 2.05) is 13.1 Å². The fourth-order valence-corrected chi connectivity index (χ4v) is 2.53. The normalized spacial score (nSPS) is 11.1. The molecule has 0 aliphatic carbocycles. The van der Waals surface area contributed by atoms with Gasteiger partial charge in [0.25, 0.3) is 0 Å². The van der Waals surface area contributed by atoms with Crippen LogP contribution in [0.25, 0.3) is 0 Å². The smallest absolute Gasteiger partial charge is 0.224 e. The molecule has 1 amide bonds. The first-order chi connectivity index (χ1) is 12.6. The molecule has 5 nitrogen and oxygen atoms in total. The molecule has 0 saturated heterocycles. The maximum absolute atomic E-state index is 12.9. The van der Waals surface area contributed by atoms with Gasteiger partial charge < -0.3 is 15.5 Å². The second kappa shape index (κ2) is 12.9. The van der Waals surface area contributed by atoms with Crippen LogP contribution in [0.4, 0.5) is 4.39 Å². The molecular formula is C20H31FN4O. The summed E-state index contributed by atoms with van der Waals surface area (Å²) in [6, 6.07) is 5.97. The van der Waals surface area contributed by atoms with Crippen LogP contribution in [0.5, 0.6) is 0 Å². The van der Waals surface area contributed by atoms with E-state index in [0.29, 0.717) is 13.1 Å². The lowest BCUT2D eigenvalue weighted by molar-refractivity contribution is -0.120. The number of amides is 1. The predicted octanol–water partition coefficient (Wildman–Crippen LogP) is 2.74. The van der Waals surface area contributed by atoms with Gasteiger partial charge in [-0.2, -0.15) is 0 Å². The number of rotatable bonds is 11. The van der Waals surface area contributed by atoms with E-state index in [0.717, 1.165) is 30.9 Å². The van der Waals surface area contributed by atoms with Gasteiger partial charge in [0, 0.05) is 33.7 Å². The Morgan fingerprint density at radius 1 is 1.19 bits per heavy atom. The Hall–Kier alpha value is -2.37. The van der Waals surface area contributed by atoms with Gasteiger partial charge in [0.05, 0.1) is 6.42 Å². The molecule has 0 aromatic heterocycles. The minimum absolute atomic E-state index is 0.0797. The molecule has 0 spiro atoms. The van der Waals surface area contributed by atoms with Crippen LogP contribution in [0.15, 0.2) is 41.9 Å². The molecule has 0 unspecified atom stereocenters. The lowest BCUT2D eigenvalue weighted by Gasteiger charge is -2.22. The van der Waals surface area contributed by atoms with E-state index in [2.05, 4.69) is 27.1 Å². The van der Waals surface area contributed by atoms with Gasteiger partial charge in [-0.05, 0) is 37.0 Å². The lowest BCUT2D eigenvalue weighted by atomic mass is 10.1. The van der Waals surface area contributed by atoms with Gasteiger partial charge in [-0.1, -0.05) is 24.6 Å². The van der Waals surface area contributed by atoms with Gasteiger partial charge in [0.15, 0.2) is 5.96 Å². The third kappa shape index (κ3) is 9.20. The quantitative estimate of drug-likeness (QED) is 0.275. The summed E-state index contributed by atoms with van der Waals surface area (Å²) in [4.78, 5) is 18.2. The number of carbonyl (C=O) groups excluding carboxylic acids is 1. The van der Waals surface area contributed by atoms with Gasteiger partial charge >= 0.3 is 0 Å². The third-order valence-electron chi connectivity index (χ3n) is 3.98. The largest absolute Gasteiger partial charge is 0.354 e. The lowest BCUT2D eigenvalue weighted by Crippen LogP contribution is -2.43. The molecule has 1 aromatic carbocycles. The fraction of sp³-hybridized carbons (Fsp3) is 0.500. The molecule has 0 atom stereocenters. The highest BCUT2D eigenvalue weighted by molar-refractivity contribution is 5.80. The molecular weight excluding hydrogens is 331 g/mol. The molecule has 26 heavy (non-hydrogen) atoms. The summed E-state index contributed by atoms with van der Waals surface area (Å²) < 4.78 is 12.9. The van der Waals surface area contributed by atoms with Crippen molar-refractivity contribution in [3.63, 3.8) is 0 Å². The maximum Gasteiger partial charge on any atom is 0.224 e. The van der Waals surface area contributed by atoms with Crippen LogP contribution in [-0.2, 0) is 11.2 Å². The average molecular weight is 362 g/mol. The second-order valence-electron chi connectivity index (χ2n) is 6.19. The summed E-state index contributed by atoms with van der Waals surface area (Å²) in [7, 11) is 3.76. The Bertz CT molecular complexity index is 572. The van der Waals surface area contributed by atoms with Crippen molar-refractivity contribution in [1.82, 2.24) is 15.5 Å². The van der Waals surface area contributed by atoms with Crippen LogP contribution in [0.1, 0.15) is 31.2 Å². The van der Waals surface area contributed by atoms with Crippen molar-refractivity contribution in [2.45, 2.75) is 32.1 Å². The number of benzene rings is 1. The van der Waals surface area contributed by atoms with Crippen LogP contribution in [0.3, 0.4) is 0 Å². The van der Waals surface area contributed by atoms with Crippen molar-refractivity contribution >= 4 is 11.9 Å². The summed E-state index contributed by atoms with van der Waals surface area (Å²) in [6.07, 6.45) is 6.72. The molecule has 1 rings (SSSR count). The number of carbonyl (C=O) groups is 1. The van der Waals surface area contributed by atoms with Gasteiger partial charge in [-0.25, -0.2) is 4.39 Å². The van der Waals surface area contributed by atoms with Crippen molar-refractivity contribution in [2.75, 3.05) is 33.7 Å². The molecule has 0 aliphatic rings. The molecule has 6 heteroatoms. The third-order valence-corrected chi connectivity index (χ3v) is 3.98. The van der Waals surface area contributed by atoms with Gasteiger partial charge in [0.1, 0.15) is 5.82 Å². The number of allylic oxidation sites excluding steroid dienone is 1. The van der Waals surface area contributed by atoms with E-state index in [1.54, 1.807) is 19.2 Å². The Morgan fingerprint density at radius 3 is 2.54 bits per heavy atom. The first-order valence-corrected chi connectivity index (χ1v) is 9.10. The van der Waals surface area contributed by atoms with E-state index in [4.69, 9.17) is 0 Å². The van der Waals surface area contributed by atoms with Crippen molar-refractivity contribution in [1.29, 1.82) is 0 Å². The predicted molar refractivity (Wildman–Crippen MR) is 106 cm³/mol. The highest BCUT2D eigenvalue weighted by Crippen LogP contribution is 2.03. The number of halogens is 1. The molecule has 0 saturated carbocycles. The Morgan fingerprint density at radius 2 is 1.88 bits per heavy atom. The first kappa shape index (κ1) is 21.7. The van der Waals surface area contributed by atoms with Crippen molar-refractivity contribution in [2.24, 2.45) is 4.99 Å². The van der Waals surface area contributed by atoms with Gasteiger partial charge in [-0.15, -0.1) is 6.58 Å². The maximum atomic E-state index is 12.9. The van der Waals surface area contributed by atoms with Crippen LogP contribution >= 0.6 is 0 Å². The molecule has 0 radical (unpaired) electrons. The Kier molecular flexibility index (Phi) is 10.8. The second-order valence-corrected chi connectivity index (χ2v) is 6.19. The molecule has 1 aromatic rings. The van der Waals surface area contributed by atoms with Crippen molar-refractivity contribution in [3.8, 4) is 0 Å². The van der Waals surface area contributed by atoms with Crippen molar-refractivity contribution in [3.05, 3.63) is 48.3 Å². The number of unbranched alkanes of at least 4 members (excludes halogenated alkanes) is 3. The summed E-state index contributed by atoms with van der Waals surface area (Å²) in [5, 5.41) is 6.10. The highest BCUT2D eigenvalue weighted by atomic mass is 19.1. The number of guanidine groups is 1. The van der Waals surface area contributed by atoms with Crippen LogP contribution < -0.4 is 10.6 Å². The average Bonchev–Trinajstić information content (AvgIpc) is 2.63. The SMILES string of the molecule is C=CCCCCCN(C)C(=NC)NCCNC(=O)Cc1ccc(F)cc1. The number of aliphatic imine (C=N–C) groups is 1. The Balaban J connectivity index is 2.20. The molecule has 0 aliphatic heterocycles.